The molecule has 1 aliphatic heterocycles. The second-order valence-corrected chi connectivity index (χ2v) is 4.12. The van der Waals surface area contributed by atoms with Gasteiger partial charge in [-0.15, -0.1) is 6.42 Å². The zero-order valence-electron chi connectivity index (χ0n) is 10.2. The molecule has 94 valence electrons. The average Bonchev–Trinajstić information content (AvgIpc) is 2.52. The van der Waals surface area contributed by atoms with Crippen LogP contribution in [0.5, 0.6) is 0 Å². The van der Waals surface area contributed by atoms with E-state index in [0.717, 1.165) is 26.1 Å². The molecule has 1 rings (SSSR count). The number of carbonyl (C=O) groups is 2. The molecule has 1 saturated heterocycles. The molecule has 0 aromatic carbocycles. The SMILES string of the molecule is C#CCNC(=O)CN1CCCN(C(C)=O)CC1. The van der Waals surface area contributed by atoms with Gasteiger partial charge >= 0.3 is 0 Å². The summed E-state index contributed by atoms with van der Waals surface area (Å²) in [7, 11) is 0. The minimum Gasteiger partial charge on any atom is -0.344 e. The Morgan fingerprint density at radius 3 is 2.71 bits per heavy atom. The lowest BCUT2D eigenvalue weighted by molar-refractivity contribution is -0.128. The van der Waals surface area contributed by atoms with Gasteiger partial charge in [0.2, 0.25) is 11.8 Å². The summed E-state index contributed by atoms with van der Waals surface area (Å²) in [4.78, 5) is 26.6. The third-order valence-electron chi connectivity index (χ3n) is 2.79. The standard InChI is InChI=1S/C12H19N3O2/c1-3-5-13-12(17)10-14-6-4-7-15(9-8-14)11(2)16/h1H,4-10H2,2H3,(H,13,17). The molecule has 0 aromatic rings. The molecule has 2 amide bonds. The van der Waals surface area contributed by atoms with Crippen LogP contribution in [0.4, 0.5) is 0 Å². The van der Waals surface area contributed by atoms with E-state index in [0.29, 0.717) is 13.1 Å². The Bertz CT molecular complexity index is 322. The van der Waals surface area contributed by atoms with Gasteiger partial charge in [-0.3, -0.25) is 14.5 Å². The fraction of sp³-hybridized carbons (Fsp3) is 0.667. The Labute approximate surface area is 102 Å². The molecule has 0 unspecified atom stereocenters. The normalized spacial score (nSPS) is 17.1. The van der Waals surface area contributed by atoms with Gasteiger partial charge in [-0.25, -0.2) is 0 Å². The van der Waals surface area contributed by atoms with Crippen LogP contribution in [0.15, 0.2) is 0 Å². The summed E-state index contributed by atoms with van der Waals surface area (Å²) in [6.45, 7) is 5.25. The molecule has 0 aromatic heterocycles. The quantitative estimate of drug-likeness (QED) is 0.660. The molecule has 1 N–H and O–H groups in total. The van der Waals surface area contributed by atoms with E-state index in [1.807, 2.05) is 4.90 Å². The minimum atomic E-state index is -0.0563. The number of hydrogen-bond donors (Lipinski definition) is 1. The van der Waals surface area contributed by atoms with Gasteiger partial charge in [0.15, 0.2) is 0 Å². The maximum Gasteiger partial charge on any atom is 0.234 e. The number of amides is 2. The van der Waals surface area contributed by atoms with Crippen LogP contribution in [0.2, 0.25) is 0 Å². The van der Waals surface area contributed by atoms with Gasteiger partial charge < -0.3 is 10.2 Å². The lowest BCUT2D eigenvalue weighted by Crippen LogP contribution is -2.39. The van der Waals surface area contributed by atoms with Gasteiger partial charge in [0.05, 0.1) is 13.1 Å². The van der Waals surface area contributed by atoms with E-state index in [1.165, 1.54) is 0 Å². The van der Waals surface area contributed by atoms with E-state index in [9.17, 15) is 9.59 Å². The summed E-state index contributed by atoms with van der Waals surface area (Å²) in [5, 5.41) is 2.64. The summed E-state index contributed by atoms with van der Waals surface area (Å²) < 4.78 is 0. The van der Waals surface area contributed by atoms with Gasteiger partial charge in [0.25, 0.3) is 0 Å². The predicted molar refractivity (Wildman–Crippen MR) is 65.2 cm³/mol. The van der Waals surface area contributed by atoms with E-state index in [1.54, 1.807) is 6.92 Å². The maximum atomic E-state index is 11.5. The van der Waals surface area contributed by atoms with E-state index in [2.05, 4.69) is 16.1 Å². The molecule has 5 nitrogen and oxygen atoms in total. The van der Waals surface area contributed by atoms with Crippen LogP contribution in [-0.4, -0.2) is 60.9 Å². The summed E-state index contributed by atoms with van der Waals surface area (Å²) >= 11 is 0. The summed E-state index contributed by atoms with van der Waals surface area (Å²) in [5.41, 5.74) is 0. The van der Waals surface area contributed by atoms with Crippen LogP contribution in [0.3, 0.4) is 0 Å². The van der Waals surface area contributed by atoms with E-state index < -0.39 is 0 Å². The largest absolute Gasteiger partial charge is 0.344 e. The maximum absolute atomic E-state index is 11.5. The monoisotopic (exact) mass is 237 g/mol. The molecule has 0 atom stereocenters. The highest BCUT2D eigenvalue weighted by Crippen LogP contribution is 2.02. The highest BCUT2D eigenvalue weighted by Gasteiger charge is 2.17. The molecular formula is C12H19N3O2. The third kappa shape index (κ3) is 4.87. The number of hydrogen-bond acceptors (Lipinski definition) is 3. The Kier molecular flexibility index (Phi) is 5.50. The van der Waals surface area contributed by atoms with Crippen molar-refractivity contribution < 1.29 is 9.59 Å². The second kappa shape index (κ2) is 6.92. The fourth-order valence-corrected chi connectivity index (χ4v) is 1.85. The summed E-state index contributed by atoms with van der Waals surface area (Å²) in [6, 6.07) is 0. The van der Waals surface area contributed by atoms with Crippen molar-refractivity contribution in [2.45, 2.75) is 13.3 Å². The molecular weight excluding hydrogens is 218 g/mol. The summed E-state index contributed by atoms with van der Waals surface area (Å²) in [6.07, 6.45) is 5.97. The molecule has 0 aliphatic carbocycles. The van der Waals surface area contributed by atoms with Crippen molar-refractivity contribution in [1.82, 2.24) is 15.1 Å². The molecule has 1 fully saturated rings. The number of terminal acetylenes is 1. The van der Waals surface area contributed by atoms with Crippen LogP contribution >= 0.6 is 0 Å². The van der Waals surface area contributed by atoms with E-state index >= 15 is 0 Å². The first-order chi connectivity index (χ1) is 8.13. The molecule has 0 saturated carbocycles. The first-order valence-electron chi connectivity index (χ1n) is 5.81. The van der Waals surface area contributed by atoms with Gasteiger partial charge in [-0.05, 0) is 6.42 Å². The van der Waals surface area contributed by atoms with Crippen molar-refractivity contribution in [2.24, 2.45) is 0 Å². The molecule has 1 aliphatic rings. The zero-order valence-corrected chi connectivity index (χ0v) is 10.2. The Balaban J connectivity index is 2.34. The van der Waals surface area contributed by atoms with E-state index in [4.69, 9.17) is 6.42 Å². The fourth-order valence-electron chi connectivity index (χ4n) is 1.85. The van der Waals surface area contributed by atoms with Crippen molar-refractivity contribution in [3.05, 3.63) is 0 Å². The Hall–Kier alpha value is -1.54. The van der Waals surface area contributed by atoms with E-state index in [-0.39, 0.29) is 18.4 Å². The number of carbonyl (C=O) groups excluding carboxylic acids is 2. The summed E-state index contributed by atoms with van der Waals surface area (Å²) in [5.74, 6) is 2.41. The van der Waals surface area contributed by atoms with Crippen molar-refractivity contribution in [1.29, 1.82) is 0 Å². The van der Waals surface area contributed by atoms with Crippen molar-refractivity contribution in [3.8, 4) is 12.3 Å². The molecule has 0 bridgehead atoms. The first kappa shape index (κ1) is 13.5. The van der Waals surface area contributed by atoms with Gasteiger partial charge in [0, 0.05) is 33.1 Å². The minimum absolute atomic E-state index is 0.0563. The van der Waals surface area contributed by atoms with Gasteiger partial charge in [0.1, 0.15) is 0 Å². The molecule has 1 heterocycles. The van der Waals surface area contributed by atoms with Crippen LogP contribution in [0, 0.1) is 12.3 Å². The molecule has 17 heavy (non-hydrogen) atoms. The Morgan fingerprint density at radius 2 is 2.06 bits per heavy atom. The van der Waals surface area contributed by atoms with Crippen molar-refractivity contribution >= 4 is 11.8 Å². The first-order valence-corrected chi connectivity index (χ1v) is 5.81. The topological polar surface area (TPSA) is 52.7 Å². The van der Waals surface area contributed by atoms with Crippen molar-refractivity contribution in [2.75, 3.05) is 39.3 Å². The molecule has 0 radical (unpaired) electrons. The smallest absolute Gasteiger partial charge is 0.234 e. The van der Waals surface area contributed by atoms with Crippen LogP contribution in [0.1, 0.15) is 13.3 Å². The number of rotatable bonds is 3. The average molecular weight is 237 g/mol. The molecule has 5 heteroatoms. The molecule has 0 spiro atoms. The highest BCUT2D eigenvalue weighted by atomic mass is 16.2. The van der Waals surface area contributed by atoms with Crippen LogP contribution in [-0.2, 0) is 9.59 Å². The van der Waals surface area contributed by atoms with Crippen LogP contribution in [0.25, 0.3) is 0 Å². The second-order valence-electron chi connectivity index (χ2n) is 4.12. The lowest BCUT2D eigenvalue weighted by atomic mass is 10.3. The number of nitrogens with zero attached hydrogens (tertiary/aromatic N) is 2. The Morgan fingerprint density at radius 1 is 1.29 bits per heavy atom. The highest BCUT2D eigenvalue weighted by molar-refractivity contribution is 5.78. The van der Waals surface area contributed by atoms with Crippen LogP contribution < -0.4 is 5.32 Å². The predicted octanol–water partition coefficient (Wildman–Crippen LogP) is -0.710. The lowest BCUT2D eigenvalue weighted by Gasteiger charge is -2.20. The zero-order chi connectivity index (χ0) is 12.7. The van der Waals surface area contributed by atoms with Crippen molar-refractivity contribution in [3.63, 3.8) is 0 Å². The van der Waals surface area contributed by atoms with Gasteiger partial charge in [-0.1, -0.05) is 5.92 Å². The third-order valence-corrected chi connectivity index (χ3v) is 2.79. The van der Waals surface area contributed by atoms with Gasteiger partial charge in [-0.2, -0.15) is 0 Å². The number of nitrogens with one attached hydrogen (secondary N) is 1.